The molecule has 1 fully saturated rings. The smallest absolute Gasteiger partial charge is 0.338 e. The van der Waals surface area contributed by atoms with Gasteiger partial charge in [0.05, 0.1) is 25.8 Å². The van der Waals surface area contributed by atoms with Crippen LogP contribution in [0.3, 0.4) is 0 Å². The SMILES string of the molecule is COC(=O)C1=C(CN2CCCN(C)CC2)NC(=O)N[C@H]1c1cccc(OC)c1. The van der Waals surface area contributed by atoms with E-state index in [1.807, 2.05) is 24.3 Å². The van der Waals surface area contributed by atoms with Crippen molar-refractivity contribution in [3.05, 3.63) is 41.1 Å². The molecule has 1 atom stereocenters. The van der Waals surface area contributed by atoms with Gasteiger partial charge in [-0.15, -0.1) is 0 Å². The van der Waals surface area contributed by atoms with E-state index in [0.717, 1.165) is 38.2 Å². The van der Waals surface area contributed by atoms with Crippen LogP contribution in [0.1, 0.15) is 18.0 Å². The highest BCUT2D eigenvalue weighted by molar-refractivity contribution is 5.95. The van der Waals surface area contributed by atoms with E-state index in [2.05, 4.69) is 27.5 Å². The second kappa shape index (κ2) is 9.07. The number of methoxy groups -OCH3 is 2. The molecule has 2 amide bonds. The Morgan fingerprint density at radius 1 is 1.21 bits per heavy atom. The van der Waals surface area contributed by atoms with Crippen molar-refractivity contribution in [2.45, 2.75) is 12.5 Å². The van der Waals surface area contributed by atoms with Gasteiger partial charge in [-0.25, -0.2) is 9.59 Å². The maximum Gasteiger partial charge on any atom is 0.338 e. The molecular formula is C20H28N4O4. The molecule has 0 bridgehead atoms. The number of urea groups is 1. The van der Waals surface area contributed by atoms with Crippen molar-refractivity contribution in [2.24, 2.45) is 0 Å². The van der Waals surface area contributed by atoms with E-state index in [1.165, 1.54) is 7.11 Å². The molecule has 8 heteroatoms. The van der Waals surface area contributed by atoms with Crippen LogP contribution in [0.15, 0.2) is 35.5 Å². The number of ether oxygens (including phenoxy) is 2. The summed E-state index contributed by atoms with van der Waals surface area (Å²) in [5, 5.41) is 5.68. The van der Waals surface area contributed by atoms with Crippen LogP contribution in [0.5, 0.6) is 5.75 Å². The van der Waals surface area contributed by atoms with Crippen molar-refractivity contribution in [2.75, 3.05) is 54.0 Å². The number of carbonyl (C=O) groups excluding carboxylic acids is 2. The van der Waals surface area contributed by atoms with Crippen molar-refractivity contribution in [1.82, 2.24) is 20.4 Å². The minimum absolute atomic E-state index is 0.331. The van der Waals surface area contributed by atoms with Crippen molar-refractivity contribution in [1.29, 1.82) is 0 Å². The van der Waals surface area contributed by atoms with Crippen molar-refractivity contribution in [3.63, 3.8) is 0 Å². The molecule has 1 aromatic carbocycles. The molecule has 0 spiro atoms. The molecule has 0 aliphatic carbocycles. The molecule has 2 heterocycles. The average Bonchev–Trinajstić information content (AvgIpc) is 2.91. The van der Waals surface area contributed by atoms with Crippen LogP contribution in [0.25, 0.3) is 0 Å². The van der Waals surface area contributed by atoms with Crippen molar-refractivity contribution in [3.8, 4) is 5.75 Å². The molecule has 0 aromatic heterocycles. The second-order valence-electron chi connectivity index (χ2n) is 7.12. The molecule has 0 unspecified atom stereocenters. The molecule has 2 N–H and O–H groups in total. The van der Waals surface area contributed by atoms with E-state index in [0.29, 0.717) is 23.6 Å². The largest absolute Gasteiger partial charge is 0.497 e. The summed E-state index contributed by atoms with van der Waals surface area (Å²) in [7, 11) is 5.04. The summed E-state index contributed by atoms with van der Waals surface area (Å²) in [4.78, 5) is 29.6. The molecule has 152 valence electrons. The number of nitrogens with zero attached hydrogens (tertiary/aromatic N) is 2. The summed E-state index contributed by atoms with van der Waals surface area (Å²) in [6.45, 7) is 4.27. The number of hydrogen-bond donors (Lipinski definition) is 2. The molecule has 0 saturated carbocycles. The summed E-state index contributed by atoms with van der Waals surface area (Å²) < 4.78 is 10.3. The molecule has 28 heavy (non-hydrogen) atoms. The third-order valence-electron chi connectivity index (χ3n) is 5.18. The maximum atomic E-state index is 12.7. The Balaban J connectivity index is 1.95. The van der Waals surface area contributed by atoms with E-state index < -0.39 is 12.0 Å². The molecular weight excluding hydrogens is 360 g/mol. The Morgan fingerprint density at radius 3 is 2.79 bits per heavy atom. The summed E-state index contributed by atoms with van der Waals surface area (Å²) in [6, 6.07) is 6.41. The van der Waals surface area contributed by atoms with Gasteiger partial charge >= 0.3 is 12.0 Å². The van der Waals surface area contributed by atoms with Gasteiger partial charge in [0.2, 0.25) is 0 Å². The summed E-state index contributed by atoms with van der Waals surface area (Å²) >= 11 is 0. The third kappa shape index (κ3) is 4.63. The Morgan fingerprint density at radius 2 is 2.04 bits per heavy atom. The minimum atomic E-state index is -0.596. The summed E-state index contributed by atoms with van der Waals surface area (Å²) in [6.07, 6.45) is 1.04. The van der Waals surface area contributed by atoms with Gasteiger partial charge in [0.15, 0.2) is 0 Å². The van der Waals surface area contributed by atoms with Crippen molar-refractivity contribution >= 4 is 12.0 Å². The van der Waals surface area contributed by atoms with Gasteiger partial charge < -0.3 is 25.0 Å². The zero-order chi connectivity index (χ0) is 20.1. The monoisotopic (exact) mass is 388 g/mol. The van der Waals surface area contributed by atoms with E-state index in [1.54, 1.807) is 7.11 Å². The van der Waals surface area contributed by atoms with Gasteiger partial charge in [-0.2, -0.15) is 0 Å². The zero-order valence-corrected chi connectivity index (χ0v) is 16.7. The van der Waals surface area contributed by atoms with Crippen LogP contribution in [-0.4, -0.2) is 75.8 Å². The number of amides is 2. The molecule has 2 aliphatic rings. The van der Waals surface area contributed by atoms with Gasteiger partial charge in [-0.05, 0) is 44.3 Å². The van der Waals surface area contributed by atoms with Crippen molar-refractivity contribution < 1.29 is 19.1 Å². The predicted molar refractivity (Wildman–Crippen MR) is 105 cm³/mol. The fraction of sp³-hybridized carbons (Fsp3) is 0.500. The number of nitrogens with one attached hydrogen (secondary N) is 2. The average molecular weight is 388 g/mol. The normalized spacial score (nSPS) is 21.5. The summed E-state index contributed by atoms with van der Waals surface area (Å²) in [5.74, 6) is 0.203. The predicted octanol–water partition coefficient (Wildman–Crippen LogP) is 1.11. The van der Waals surface area contributed by atoms with Gasteiger partial charge in [-0.3, -0.25) is 4.90 Å². The first-order valence-corrected chi connectivity index (χ1v) is 9.45. The zero-order valence-electron chi connectivity index (χ0n) is 16.7. The lowest BCUT2D eigenvalue weighted by Gasteiger charge is -2.31. The van der Waals surface area contributed by atoms with Crippen LogP contribution in [-0.2, 0) is 9.53 Å². The van der Waals surface area contributed by atoms with E-state index in [-0.39, 0.29) is 6.03 Å². The van der Waals surface area contributed by atoms with Crippen LogP contribution in [0.2, 0.25) is 0 Å². The van der Waals surface area contributed by atoms with Gasteiger partial charge in [-0.1, -0.05) is 12.1 Å². The number of rotatable bonds is 5. The highest BCUT2D eigenvalue weighted by Gasteiger charge is 2.34. The van der Waals surface area contributed by atoms with Gasteiger partial charge in [0, 0.05) is 25.3 Å². The second-order valence-corrected chi connectivity index (χ2v) is 7.12. The lowest BCUT2D eigenvalue weighted by molar-refractivity contribution is -0.136. The maximum absolute atomic E-state index is 12.7. The van der Waals surface area contributed by atoms with Gasteiger partial charge in [0.1, 0.15) is 5.75 Å². The molecule has 3 rings (SSSR count). The van der Waals surface area contributed by atoms with E-state index in [4.69, 9.17) is 9.47 Å². The first-order valence-electron chi connectivity index (χ1n) is 9.45. The fourth-order valence-corrected chi connectivity index (χ4v) is 3.65. The molecule has 1 saturated heterocycles. The number of carbonyl (C=O) groups is 2. The molecule has 0 radical (unpaired) electrons. The number of esters is 1. The first-order chi connectivity index (χ1) is 13.5. The minimum Gasteiger partial charge on any atom is -0.497 e. The van der Waals surface area contributed by atoms with E-state index in [9.17, 15) is 9.59 Å². The lowest BCUT2D eigenvalue weighted by Crippen LogP contribution is -2.48. The standard InChI is InChI=1S/C20H28N4O4/c1-23-8-5-9-24(11-10-23)13-16-17(19(25)28-3)18(22-20(26)21-16)14-6-4-7-15(12-14)27-2/h4,6-7,12,18H,5,8-11,13H2,1-3H3,(H2,21,22,26)/t18-/m0/s1. The number of hydrogen-bond acceptors (Lipinski definition) is 6. The van der Waals surface area contributed by atoms with Gasteiger partial charge in [0.25, 0.3) is 0 Å². The Bertz CT molecular complexity index is 764. The lowest BCUT2D eigenvalue weighted by atomic mass is 9.94. The topological polar surface area (TPSA) is 83.1 Å². The van der Waals surface area contributed by atoms with Crippen LogP contribution >= 0.6 is 0 Å². The third-order valence-corrected chi connectivity index (χ3v) is 5.18. The molecule has 2 aliphatic heterocycles. The van der Waals surface area contributed by atoms with Crippen LogP contribution < -0.4 is 15.4 Å². The van der Waals surface area contributed by atoms with E-state index >= 15 is 0 Å². The Hall–Kier alpha value is -2.58. The van der Waals surface area contributed by atoms with Crippen LogP contribution in [0.4, 0.5) is 4.79 Å². The van der Waals surface area contributed by atoms with Crippen LogP contribution in [0, 0.1) is 0 Å². The Kier molecular flexibility index (Phi) is 6.53. The molecule has 1 aromatic rings. The fourth-order valence-electron chi connectivity index (χ4n) is 3.65. The Labute approximate surface area is 165 Å². The first kappa shape index (κ1) is 20.2. The summed E-state index contributed by atoms with van der Waals surface area (Å²) in [5.41, 5.74) is 1.78. The quantitative estimate of drug-likeness (QED) is 0.736. The number of benzene rings is 1. The number of likely N-dealkylation sites (N-methyl/N-ethyl adjacent to an activating group) is 1. The highest BCUT2D eigenvalue weighted by Crippen LogP contribution is 2.30. The molecule has 8 nitrogen and oxygen atoms in total. The highest BCUT2D eigenvalue weighted by atomic mass is 16.5.